The highest BCUT2D eigenvalue weighted by Gasteiger charge is 2.22. The van der Waals surface area contributed by atoms with Gasteiger partial charge in [-0.1, -0.05) is 36.4 Å². The molecule has 2 aromatic carbocycles. The number of amides is 1. The molecule has 1 heterocycles. The highest BCUT2D eigenvalue weighted by molar-refractivity contribution is 6.04. The number of aryl methyl sites for hydroxylation is 1. The molecule has 5 nitrogen and oxygen atoms in total. The van der Waals surface area contributed by atoms with Gasteiger partial charge in [-0.25, -0.2) is 5.01 Å². The second-order valence-corrected chi connectivity index (χ2v) is 7.46. The van der Waals surface area contributed by atoms with Gasteiger partial charge in [0.2, 0.25) is 5.91 Å². The lowest BCUT2D eigenvalue weighted by Gasteiger charge is -2.28. The maximum Gasteiger partial charge on any atom is 0.243 e. The van der Waals surface area contributed by atoms with Crippen LogP contribution in [-0.2, 0) is 17.6 Å². The SMILES string of the molecule is COc1ccc2c(c1)CC(NCCN1N=C(c3ccccc3)CCC1=O)CC2. The number of fused-ring (bicyclic) bond motifs is 1. The Bertz CT molecular complexity index is 863. The monoisotopic (exact) mass is 377 g/mol. The van der Waals surface area contributed by atoms with E-state index >= 15 is 0 Å². The summed E-state index contributed by atoms with van der Waals surface area (Å²) < 4.78 is 5.36. The summed E-state index contributed by atoms with van der Waals surface area (Å²) >= 11 is 0. The van der Waals surface area contributed by atoms with Gasteiger partial charge in [0.25, 0.3) is 0 Å². The van der Waals surface area contributed by atoms with Gasteiger partial charge in [0.05, 0.1) is 19.4 Å². The maximum absolute atomic E-state index is 12.3. The van der Waals surface area contributed by atoms with E-state index in [-0.39, 0.29) is 5.91 Å². The minimum absolute atomic E-state index is 0.111. The third-order valence-electron chi connectivity index (χ3n) is 5.61. The molecule has 28 heavy (non-hydrogen) atoms. The Hall–Kier alpha value is -2.66. The third kappa shape index (κ3) is 4.25. The van der Waals surface area contributed by atoms with Crippen LogP contribution in [-0.4, -0.2) is 42.9 Å². The summed E-state index contributed by atoms with van der Waals surface area (Å²) in [6.45, 7) is 1.36. The number of rotatable bonds is 6. The number of carbonyl (C=O) groups is 1. The third-order valence-corrected chi connectivity index (χ3v) is 5.61. The zero-order valence-electron chi connectivity index (χ0n) is 16.4. The van der Waals surface area contributed by atoms with Crippen molar-refractivity contribution in [1.29, 1.82) is 0 Å². The summed E-state index contributed by atoms with van der Waals surface area (Å²) in [6.07, 6.45) is 4.44. The van der Waals surface area contributed by atoms with Gasteiger partial charge in [-0.2, -0.15) is 5.10 Å². The van der Waals surface area contributed by atoms with Crippen LogP contribution in [0.1, 0.15) is 36.0 Å². The van der Waals surface area contributed by atoms with Gasteiger partial charge in [-0.15, -0.1) is 0 Å². The van der Waals surface area contributed by atoms with Crippen molar-refractivity contribution in [1.82, 2.24) is 10.3 Å². The van der Waals surface area contributed by atoms with E-state index in [0.29, 0.717) is 25.4 Å². The number of benzene rings is 2. The first-order valence-corrected chi connectivity index (χ1v) is 10.1. The van der Waals surface area contributed by atoms with Crippen molar-refractivity contribution in [2.75, 3.05) is 20.2 Å². The molecule has 1 N–H and O–H groups in total. The van der Waals surface area contributed by atoms with E-state index in [1.54, 1.807) is 12.1 Å². The molecule has 146 valence electrons. The molecular weight excluding hydrogens is 350 g/mol. The second-order valence-electron chi connectivity index (χ2n) is 7.46. The van der Waals surface area contributed by atoms with Crippen molar-refractivity contribution in [3.63, 3.8) is 0 Å². The Balaban J connectivity index is 1.33. The molecular formula is C23H27N3O2. The van der Waals surface area contributed by atoms with Gasteiger partial charge in [-0.05, 0) is 48.1 Å². The van der Waals surface area contributed by atoms with Crippen molar-refractivity contribution in [2.24, 2.45) is 5.10 Å². The van der Waals surface area contributed by atoms with E-state index in [4.69, 9.17) is 4.74 Å². The Labute approximate surface area is 166 Å². The van der Waals surface area contributed by atoms with Gasteiger partial charge >= 0.3 is 0 Å². The molecule has 0 aromatic heterocycles. The molecule has 1 atom stereocenters. The molecule has 0 spiro atoms. The van der Waals surface area contributed by atoms with E-state index < -0.39 is 0 Å². The summed E-state index contributed by atoms with van der Waals surface area (Å²) in [7, 11) is 1.71. The number of hydrogen-bond acceptors (Lipinski definition) is 4. The molecule has 0 saturated carbocycles. The van der Waals surface area contributed by atoms with Crippen LogP contribution in [0.3, 0.4) is 0 Å². The molecule has 2 aliphatic rings. The van der Waals surface area contributed by atoms with Crippen LogP contribution in [0.25, 0.3) is 0 Å². The van der Waals surface area contributed by atoms with Crippen molar-refractivity contribution >= 4 is 11.6 Å². The van der Waals surface area contributed by atoms with Crippen LogP contribution in [0, 0.1) is 0 Å². The summed E-state index contributed by atoms with van der Waals surface area (Å²) in [4.78, 5) is 12.3. The van der Waals surface area contributed by atoms with Crippen LogP contribution in [0.4, 0.5) is 0 Å². The van der Waals surface area contributed by atoms with Crippen LogP contribution < -0.4 is 10.1 Å². The fraction of sp³-hybridized carbons (Fsp3) is 0.391. The van der Waals surface area contributed by atoms with Gasteiger partial charge in [-0.3, -0.25) is 4.79 Å². The number of nitrogens with one attached hydrogen (secondary N) is 1. The molecule has 1 unspecified atom stereocenters. The van der Waals surface area contributed by atoms with Crippen molar-refractivity contribution in [2.45, 2.75) is 38.1 Å². The zero-order chi connectivity index (χ0) is 19.3. The predicted octanol–water partition coefficient (Wildman–Crippen LogP) is 3.17. The summed E-state index contributed by atoms with van der Waals surface area (Å²) in [5.74, 6) is 1.03. The normalized spacial score (nSPS) is 19.2. The van der Waals surface area contributed by atoms with E-state index in [2.05, 4.69) is 34.7 Å². The number of methoxy groups -OCH3 is 1. The molecule has 0 saturated heterocycles. The molecule has 2 aromatic rings. The largest absolute Gasteiger partial charge is 0.497 e. The first-order valence-electron chi connectivity index (χ1n) is 10.1. The molecule has 1 aliphatic heterocycles. The summed E-state index contributed by atoms with van der Waals surface area (Å²) in [5, 5.41) is 9.87. The van der Waals surface area contributed by atoms with Gasteiger partial charge in [0.15, 0.2) is 0 Å². The number of hydrogen-bond donors (Lipinski definition) is 1. The highest BCUT2D eigenvalue weighted by Crippen LogP contribution is 2.25. The fourth-order valence-corrected chi connectivity index (χ4v) is 4.02. The Morgan fingerprint density at radius 2 is 1.96 bits per heavy atom. The van der Waals surface area contributed by atoms with Crippen LogP contribution >= 0.6 is 0 Å². The van der Waals surface area contributed by atoms with E-state index in [0.717, 1.165) is 42.8 Å². The maximum atomic E-state index is 12.3. The lowest BCUT2D eigenvalue weighted by atomic mass is 9.88. The number of ether oxygens (including phenoxy) is 1. The number of nitrogens with zero attached hydrogens (tertiary/aromatic N) is 2. The molecule has 0 fully saturated rings. The molecule has 1 aliphatic carbocycles. The van der Waals surface area contributed by atoms with Crippen molar-refractivity contribution in [3.8, 4) is 5.75 Å². The number of hydrazone groups is 1. The Kier molecular flexibility index (Phi) is 5.72. The minimum Gasteiger partial charge on any atom is -0.497 e. The second kappa shape index (κ2) is 8.57. The van der Waals surface area contributed by atoms with Crippen molar-refractivity contribution in [3.05, 3.63) is 65.2 Å². The standard InChI is InChI=1S/C23H27N3O2/c1-28-21-10-8-17-7-9-20(15-19(17)16-21)24-13-14-26-23(27)12-11-22(25-26)18-5-3-2-4-6-18/h2-6,8,10,16,20,24H,7,9,11-15H2,1H3. The Morgan fingerprint density at radius 3 is 2.79 bits per heavy atom. The first kappa shape index (κ1) is 18.7. The zero-order valence-corrected chi connectivity index (χ0v) is 16.4. The number of carbonyl (C=O) groups excluding carboxylic acids is 1. The van der Waals surface area contributed by atoms with Crippen LogP contribution in [0.15, 0.2) is 53.6 Å². The molecule has 0 radical (unpaired) electrons. The smallest absolute Gasteiger partial charge is 0.243 e. The summed E-state index contributed by atoms with van der Waals surface area (Å²) in [6, 6.07) is 16.9. The molecule has 1 amide bonds. The lowest BCUT2D eigenvalue weighted by molar-refractivity contribution is -0.131. The van der Waals surface area contributed by atoms with Gasteiger partial charge in [0.1, 0.15) is 5.75 Å². The van der Waals surface area contributed by atoms with E-state index in [1.165, 1.54) is 11.1 Å². The predicted molar refractivity (Wildman–Crippen MR) is 111 cm³/mol. The quantitative estimate of drug-likeness (QED) is 0.841. The average Bonchev–Trinajstić information content (AvgIpc) is 2.75. The lowest BCUT2D eigenvalue weighted by Crippen LogP contribution is -2.41. The first-order chi connectivity index (χ1) is 13.7. The Morgan fingerprint density at radius 1 is 1.11 bits per heavy atom. The summed E-state index contributed by atoms with van der Waals surface area (Å²) in [5.41, 5.74) is 4.88. The topological polar surface area (TPSA) is 53.9 Å². The highest BCUT2D eigenvalue weighted by atomic mass is 16.5. The molecule has 5 heteroatoms. The molecule has 0 bridgehead atoms. The van der Waals surface area contributed by atoms with E-state index in [9.17, 15) is 4.79 Å². The fourth-order valence-electron chi connectivity index (χ4n) is 4.02. The minimum atomic E-state index is 0.111. The van der Waals surface area contributed by atoms with Crippen LogP contribution in [0.2, 0.25) is 0 Å². The van der Waals surface area contributed by atoms with E-state index in [1.807, 2.05) is 24.3 Å². The van der Waals surface area contributed by atoms with Crippen LogP contribution in [0.5, 0.6) is 5.75 Å². The van der Waals surface area contributed by atoms with Gasteiger partial charge < -0.3 is 10.1 Å². The molecule has 4 rings (SSSR count). The van der Waals surface area contributed by atoms with Crippen molar-refractivity contribution < 1.29 is 9.53 Å². The average molecular weight is 377 g/mol. The van der Waals surface area contributed by atoms with Gasteiger partial charge in [0, 0.05) is 25.4 Å².